The normalized spacial score (nSPS) is 11.0. The predicted octanol–water partition coefficient (Wildman–Crippen LogP) is 4.83. The quantitative estimate of drug-likeness (QED) is 0.237. The molecular formula is C24H15NO6. The van der Waals surface area contributed by atoms with Crippen LogP contribution in [0.25, 0.3) is 33.3 Å². The van der Waals surface area contributed by atoms with Gasteiger partial charge in [-0.1, -0.05) is 12.1 Å². The SMILES string of the molecule is COc1cccc2cc(-c3cc(=O)oc4ccc(OC(=O)c5cccnc5)cc34)oc12. The summed E-state index contributed by atoms with van der Waals surface area (Å²) in [5, 5.41) is 1.39. The minimum Gasteiger partial charge on any atom is -0.493 e. The Hall–Kier alpha value is -4.39. The van der Waals surface area contributed by atoms with Crippen molar-refractivity contribution < 1.29 is 23.1 Å². The fourth-order valence-corrected chi connectivity index (χ4v) is 3.39. The Morgan fingerprint density at radius 1 is 1.00 bits per heavy atom. The number of para-hydroxylation sites is 1. The highest BCUT2D eigenvalue weighted by Gasteiger charge is 2.16. The number of aromatic nitrogens is 1. The van der Waals surface area contributed by atoms with E-state index in [2.05, 4.69) is 4.98 Å². The van der Waals surface area contributed by atoms with Gasteiger partial charge in [-0.15, -0.1) is 0 Å². The van der Waals surface area contributed by atoms with E-state index in [-0.39, 0.29) is 0 Å². The number of methoxy groups -OCH3 is 1. The van der Waals surface area contributed by atoms with E-state index in [0.29, 0.717) is 44.9 Å². The molecule has 2 aromatic carbocycles. The van der Waals surface area contributed by atoms with Gasteiger partial charge in [-0.2, -0.15) is 0 Å². The maximum absolute atomic E-state index is 12.4. The predicted molar refractivity (Wildman–Crippen MR) is 113 cm³/mol. The minimum absolute atomic E-state index is 0.296. The Morgan fingerprint density at radius 3 is 2.71 bits per heavy atom. The third-order valence-electron chi connectivity index (χ3n) is 4.82. The van der Waals surface area contributed by atoms with Gasteiger partial charge in [0.15, 0.2) is 11.3 Å². The molecule has 0 radical (unpaired) electrons. The van der Waals surface area contributed by atoms with Crippen LogP contribution in [0, 0.1) is 0 Å². The van der Waals surface area contributed by atoms with Gasteiger partial charge in [0.2, 0.25) is 0 Å². The van der Waals surface area contributed by atoms with E-state index in [1.165, 1.54) is 12.3 Å². The van der Waals surface area contributed by atoms with E-state index >= 15 is 0 Å². The molecule has 7 nitrogen and oxygen atoms in total. The number of carbonyl (C=O) groups excluding carboxylic acids is 1. The van der Waals surface area contributed by atoms with Crippen LogP contribution in [0.15, 0.2) is 86.7 Å². The Kier molecular flexibility index (Phi) is 4.48. The van der Waals surface area contributed by atoms with Gasteiger partial charge in [0.1, 0.15) is 17.1 Å². The molecule has 0 amide bonds. The van der Waals surface area contributed by atoms with Gasteiger partial charge < -0.3 is 18.3 Å². The van der Waals surface area contributed by atoms with Crippen LogP contribution in [-0.4, -0.2) is 18.1 Å². The highest BCUT2D eigenvalue weighted by molar-refractivity contribution is 5.97. The largest absolute Gasteiger partial charge is 0.493 e. The highest BCUT2D eigenvalue weighted by Crippen LogP contribution is 2.36. The molecule has 3 aromatic heterocycles. The summed E-state index contributed by atoms with van der Waals surface area (Å²) in [4.78, 5) is 28.4. The minimum atomic E-state index is -0.542. The summed E-state index contributed by atoms with van der Waals surface area (Å²) in [6.07, 6.45) is 3.00. The second kappa shape index (κ2) is 7.46. The molecule has 3 heterocycles. The molecule has 0 fully saturated rings. The number of hydrogen-bond acceptors (Lipinski definition) is 7. The number of carbonyl (C=O) groups is 1. The zero-order valence-electron chi connectivity index (χ0n) is 16.3. The van der Waals surface area contributed by atoms with E-state index in [9.17, 15) is 9.59 Å². The van der Waals surface area contributed by atoms with Crippen molar-refractivity contribution >= 4 is 27.9 Å². The summed E-state index contributed by atoms with van der Waals surface area (Å²) in [5.74, 6) is 0.806. The van der Waals surface area contributed by atoms with Crippen molar-refractivity contribution in [2.24, 2.45) is 0 Å². The smallest absolute Gasteiger partial charge is 0.345 e. The van der Waals surface area contributed by atoms with E-state index < -0.39 is 11.6 Å². The van der Waals surface area contributed by atoms with Crippen LogP contribution in [0.2, 0.25) is 0 Å². The highest BCUT2D eigenvalue weighted by atomic mass is 16.5. The third-order valence-corrected chi connectivity index (χ3v) is 4.82. The lowest BCUT2D eigenvalue weighted by Crippen LogP contribution is -2.08. The van der Waals surface area contributed by atoms with Crippen molar-refractivity contribution in [1.82, 2.24) is 4.98 Å². The fourth-order valence-electron chi connectivity index (χ4n) is 3.39. The van der Waals surface area contributed by atoms with Crippen molar-refractivity contribution in [3.05, 3.63) is 89.0 Å². The first-order chi connectivity index (χ1) is 15.1. The molecule has 0 aliphatic rings. The molecule has 0 saturated carbocycles. The first-order valence-corrected chi connectivity index (χ1v) is 9.39. The molecule has 0 N–H and O–H groups in total. The van der Waals surface area contributed by atoms with Crippen LogP contribution in [0.1, 0.15) is 10.4 Å². The van der Waals surface area contributed by atoms with Gasteiger partial charge in [0.05, 0.1) is 12.7 Å². The summed E-state index contributed by atoms with van der Waals surface area (Å²) in [7, 11) is 1.56. The molecule has 0 aliphatic heterocycles. The van der Waals surface area contributed by atoms with Crippen LogP contribution in [0.5, 0.6) is 11.5 Å². The van der Waals surface area contributed by atoms with Gasteiger partial charge in [-0.25, -0.2) is 9.59 Å². The summed E-state index contributed by atoms with van der Waals surface area (Å²) >= 11 is 0. The molecule has 0 aliphatic carbocycles. The van der Waals surface area contributed by atoms with Gasteiger partial charge in [0.25, 0.3) is 0 Å². The lowest BCUT2D eigenvalue weighted by Gasteiger charge is -2.07. The molecule has 0 spiro atoms. The number of nitrogens with zero attached hydrogens (tertiary/aromatic N) is 1. The van der Waals surface area contributed by atoms with Gasteiger partial charge >= 0.3 is 11.6 Å². The molecule has 31 heavy (non-hydrogen) atoms. The average molecular weight is 413 g/mol. The number of pyridine rings is 1. The maximum Gasteiger partial charge on any atom is 0.345 e. The van der Waals surface area contributed by atoms with Gasteiger partial charge in [-0.3, -0.25) is 4.98 Å². The summed E-state index contributed by atoms with van der Waals surface area (Å²) in [5.41, 5.74) is 1.24. The second-order valence-electron chi connectivity index (χ2n) is 6.76. The first kappa shape index (κ1) is 18.6. The molecule has 0 saturated heterocycles. The molecule has 5 aromatic rings. The number of rotatable bonds is 4. The van der Waals surface area contributed by atoms with E-state index in [1.54, 1.807) is 49.7 Å². The number of hydrogen-bond donors (Lipinski definition) is 0. The van der Waals surface area contributed by atoms with Crippen molar-refractivity contribution in [2.75, 3.05) is 7.11 Å². The van der Waals surface area contributed by atoms with Crippen molar-refractivity contribution in [2.45, 2.75) is 0 Å². The van der Waals surface area contributed by atoms with E-state index in [0.717, 1.165) is 5.39 Å². The zero-order valence-corrected chi connectivity index (χ0v) is 16.3. The maximum atomic E-state index is 12.4. The summed E-state index contributed by atoms with van der Waals surface area (Å²) in [6.45, 7) is 0. The molecule has 5 rings (SSSR count). The fraction of sp³-hybridized carbons (Fsp3) is 0.0417. The Bertz CT molecular complexity index is 1480. The molecule has 7 heteroatoms. The number of benzene rings is 2. The van der Waals surface area contributed by atoms with E-state index in [1.807, 2.05) is 18.2 Å². The Labute approximate surface area is 175 Å². The van der Waals surface area contributed by atoms with Crippen LogP contribution < -0.4 is 15.1 Å². The number of esters is 1. The number of furan rings is 1. The third kappa shape index (κ3) is 3.42. The van der Waals surface area contributed by atoms with Crippen LogP contribution in [0.4, 0.5) is 0 Å². The van der Waals surface area contributed by atoms with Crippen molar-refractivity contribution in [3.63, 3.8) is 0 Å². The van der Waals surface area contributed by atoms with Crippen LogP contribution >= 0.6 is 0 Å². The molecule has 0 atom stereocenters. The van der Waals surface area contributed by atoms with Gasteiger partial charge in [0, 0.05) is 34.8 Å². The summed E-state index contributed by atoms with van der Waals surface area (Å²) < 4.78 is 22.2. The lowest BCUT2D eigenvalue weighted by atomic mass is 10.1. The number of fused-ring (bicyclic) bond motifs is 2. The van der Waals surface area contributed by atoms with Crippen molar-refractivity contribution in [1.29, 1.82) is 0 Å². The zero-order chi connectivity index (χ0) is 21.4. The first-order valence-electron chi connectivity index (χ1n) is 9.39. The topological polar surface area (TPSA) is 91.8 Å². The molecule has 0 unspecified atom stereocenters. The van der Waals surface area contributed by atoms with Crippen molar-refractivity contribution in [3.8, 4) is 22.8 Å². The van der Waals surface area contributed by atoms with Gasteiger partial charge in [-0.05, 0) is 42.5 Å². The molecule has 152 valence electrons. The second-order valence-corrected chi connectivity index (χ2v) is 6.76. The molecular weight excluding hydrogens is 398 g/mol. The Morgan fingerprint density at radius 2 is 1.90 bits per heavy atom. The van der Waals surface area contributed by atoms with Crippen LogP contribution in [0.3, 0.4) is 0 Å². The number of ether oxygens (including phenoxy) is 2. The monoisotopic (exact) mass is 413 g/mol. The summed E-state index contributed by atoms with van der Waals surface area (Å²) in [6, 6.07) is 16.7. The Balaban J connectivity index is 1.62. The average Bonchev–Trinajstić information content (AvgIpc) is 3.23. The van der Waals surface area contributed by atoms with Crippen LogP contribution in [-0.2, 0) is 0 Å². The molecule has 0 bridgehead atoms. The lowest BCUT2D eigenvalue weighted by molar-refractivity contribution is 0.0734. The standard InChI is InChI=1S/C24H15NO6/c1-28-20-6-2-4-14-10-21(31-23(14)20)18-12-22(26)30-19-8-7-16(11-17(18)19)29-24(27)15-5-3-9-25-13-15/h2-13H,1H3. The van der Waals surface area contributed by atoms with E-state index in [4.69, 9.17) is 18.3 Å².